The van der Waals surface area contributed by atoms with Gasteiger partial charge in [-0.15, -0.1) is 0 Å². The largest absolute Gasteiger partial charge is 0.481 e. The number of hydrogen-bond acceptors (Lipinski definition) is 3. The van der Waals surface area contributed by atoms with Crippen LogP contribution in [-0.4, -0.2) is 44.5 Å². The van der Waals surface area contributed by atoms with Gasteiger partial charge in [-0.05, 0) is 36.8 Å². The number of piperidine rings is 1. The second-order valence-corrected chi connectivity index (χ2v) is 6.73. The van der Waals surface area contributed by atoms with Crippen molar-refractivity contribution in [3.63, 3.8) is 0 Å². The fourth-order valence-corrected chi connectivity index (χ4v) is 3.81. The Balaban J connectivity index is 1.49. The molecule has 4 rings (SSSR count). The third-order valence-electron chi connectivity index (χ3n) is 5.43. The van der Waals surface area contributed by atoms with E-state index < -0.39 is 5.97 Å². The molecule has 0 bridgehead atoms. The summed E-state index contributed by atoms with van der Waals surface area (Å²) in [5, 5.41) is 9.17. The SMILES string of the molecule is O=C(O)C1CC12CCN(C(=O)c1cncn1-c1ccccc1)CC2. The molecule has 2 aromatic rings. The third kappa shape index (κ3) is 2.38. The van der Waals surface area contributed by atoms with E-state index >= 15 is 0 Å². The Bertz CT molecular complexity index is 776. The van der Waals surface area contributed by atoms with Crippen molar-refractivity contribution in [2.24, 2.45) is 11.3 Å². The first-order chi connectivity index (χ1) is 11.6. The molecule has 124 valence electrons. The van der Waals surface area contributed by atoms with E-state index in [1.807, 2.05) is 35.2 Å². The van der Waals surface area contributed by atoms with Crippen molar-refractivity contribution in [3.05, 3.63) is 48.5 Å². The molecule has 6 heteroatoms. The predicted molar refractivity (Wildman–Crippen MR) is 86.9 cm³/mol. The molecule has 1 saturated carbocycles. The fourth-order valence-electron chi connectivity index (χ4n) is 3.81. The zero-order valence-electron chi connectivity index (χ0n) is 13.3. The van der Waals surface area contributed by atoms with E-state index in [1.54, 1.807) is 17.1 Å². The summed E-state index contributed by atoms with van der Waals surface area (Å²) in [7, 11) is 0. The highest BCUT2D eigenvalue weighted by molar-refractivity contribution is 5.93. The van der Waals surface area contributed by atoms with Gasteiger partial charge in [0.05, 0.1) is 18.4 Å². The van der Waals surface area contributed by atoms with Gasteiger partial charge in [-0.3, -0.25) is 14.2 Å². The molecule has 2 aliphatic rings. The lowest BCUT2D eigenvalue weighted by atomic mass is 9.90. The number of nitrogens with zero attached hydrogens (tertiary/aromatic N) is 3. The van der Waals surface area contributed by atoms with Gasteiger partial charge in [-0.1, -0.05) is 18.2 Å². The Morgan fingerprint density at radius 3 is 2.50 bits per heavy atom. The van der Waals surface area contributed by atoms with Crippen molar-refractivity contribution < 1.29 is 14.7 Å². The minimum atomic E-state index is -0.697. The lowest BCUT2D eigenvalue weighted by Crippen LogP contribution is -2.40. The minimum Gasteiger partial charge on any atom is -0.481 e. The first-order valence-corrected chi connectivity index (χ1v) is 8.21. The van der Waals surface area contributed by atoms with Gasteiger partial charge in [0.2, 0.25) is 0 Å². The van der Waals surface area contributed by atoms with Crippen LogP contribution in [0.15, 0.2) is 42.9 Å². The molecule has 2 fully saturated rings. The number of carbonyl (C=O) groups is 2. The van der Waals surface area contributed by atoms with Crippen molar-refractivity contribution in [2.45, 2.75) is 19.3 Å². The predicted octanol–water partition coefficient (Wildman–Crippen LogP) is 2.20. The molecule has 1 aliphatic heterocycles. The number of para-hydroxylation sites is 1. The minimum absolute atomic E-state index is 0.0428. The van der Waals surface area contributed by atoms with Crippen LogP contribution in [-0.2, 0) is 4.79 Å². The van der Waals surface area contributed by atoms with Gasteiger partial charge in [0, 0.05) is 18.8 Å². The van der Waals surface area contributed by atoms with Gasteiger partial charge in [0.15, 0.2) is 0 Å². The van der Waals surface area contributed by atoms with Gasteiger partial charge in [-0.25, -0.2) is 4.98 Å². The second kappa shape index (κ2) is 5.47. The fraction of sp³-hybridized carbons (Fsp3) is 0.389. The lowest BCUT2D eigenvalue weighted by molar-refractivity contribution is -0.139. The van der Waals surface area contributed by atoms with Gasteiger partial charge in [0.25, 0.3) is 5.91 Å². The quantitative estimate of drug-likeness (QED) is 0.939. The number of amides is 1. The van der Waals surface area contributed by atoms with Crippen LogP contribution < -0.4 is 0 Å². The maximum atomic E-state index is 12.9. The summed E-state index contributed by atoms with van der Waals surface area (Å²) in [6, 6.07) is 9.65. The monoisotopic (exact) mass is 325 g/mol. The van der Waals surface area contributed by atoms with Crippen molar-refractivity contribution >= 4 is 11.9 Å². The summed E-state index contributed by atoms with van der Waals surface area (Å²) in [5.41, 5.74) is 1.38. The van der Waals surface area contributed by atoms with Gasteiger partial charge >= 0.3 is 5.97 Å². The van der Waals surface area contributed by atoms with Crippen LogP contribution in [0.2, 0.25) is 0 Å². The summed E-state index contributed by atoms with van der Waals surface area (Å²) in [6.45, 7) is 1.23. The number of imidazole rings is 1. The van der Waals surface area contributed by atoms with E-state index in [9.17, 15) is 9.59 Å². The van der Waals surface area contributed by atoms with Crippen LogP contribution in [0.25, 0.3) is 5.69 Å². The number of rotatable bonds is 3. The van der Waals surface area contributed by atoms with Crippen LogP contribution >= 0.6 is 0 Å². The number of likely N-dealkylation sites (tertiary alicyclic amines) is 1. The molecule has 6 nitrogen and oxygen atoms in total. The van der Waals surface area contributed by atoms with Gasteiger partial charge in [-0.2, -0.15) is 0 Å². The van der Waals surface area contributed by atoms with E-state index in [1.165, 1.54) is 0 Å². The third-order valence-corrected chi connectivity index (χ3v) is 5.43. The first-order valence-electron chi connectivity index (χ1n) is 8.21. The molecule has 0 radical (unpaired) electrons. The number of carbonyl (C=O) groups excluding carboxylic acids is 1. The molecule has 1 amide bonds. The molecular formula is C18H19N3O3. The summed E-state index contributed by atoms with van der Waals surface area (Å²) >= 11 is 0. The molecule has 1 unspecified atom stereocenters. The smallest absolute Gasteiger partial charge is 0.307 e. The highest BCUT2D eigenvalue weighted by atomic mass is 16.4. The van der Waals surface area contributed by atoms with Gasteiger partial charge < -0.3 is 10.0 Å². The summed E-state index contributed by atoms with van der Waals surface area (Å²) < 4.78 is 1.80. The number of carboxylic acids is 1. The second-order valence-electron chi connectivity index (χ2n) is 6.73. The maximum absolute atomic E-state index is 12.9. The molecule has 1 aliphatic carbocycles. The van der Waals surface area contributed by atoms with E-state index in [-0.39, 0.29) is 17.2 Å². The normalized spacial score (nSPS) is 21.7. The number of carboxylic acid groups (broad SMARTS) is 1. The highest BCUT2D eigenvalue weighted by Gasteiger charge is 2.59. The Morgan fingerprint density at radius 2 is 1.88 bits per heavy atom. The summed E-state index contributed by atoms with van der Waals surface area (Å²) in [4.78, 5) is 29.9. The first kappa shape index (κ1) is 14.9. The lowest BCUT2D eigenvalue weighted by Gasteiger charge is -2.32. The summed E-state index contributed by atoms with van der Waals surface area (Å²) in [6.07, 6.45) is 5.54. The topological polar surface area (TPSA) is 75.4 Å². The van der Waals surface area contributed by atoms with Crippen molar-refractivity contribution in [2.75, 3.05) is 13.1 Å². The molecular weight excluding hydrogens is 306 g/mol. The Morgan fingerprint density at radius 1 is 1.17 bits per heavy atom. The van der Waals surface area contributed by atoms with Crippen LogP contribution in [0.1, 0.15) is 29.8 Å². The molecule has 1 saturated heterocycles. The van der Waals surface area contributed by atoms with Gasteiger partial charge in [0.1, 0.15) is 5.69 Å². The Kier molecular flexibility index (Phi) is 3.40. The molecule has 1 N–H and O–H groups in total. The van der Waals surface area contributed by atoms with Crippen LogP contribution in [0.4, 0.5) is 0 Å². The van der Waals surface area contributed by atoms with Crippen LogP contribution in [0.3, 0.4) is 0 Å². The molecule has 1 spiro atoms. The number of aromatic nitrogens is 2. The van der Waals surface area contributed by atoms with E-state index in [2.05, 4.69) is 4.98 Å². The number of hydrogen-bond donors (Lipinski definition) is 1. The molecule has 24 heavy (non-hydrogen) atoms. The standard InChI is InChI=1S/C18H19N3O3/c22-16(15-11-19-12-21(15)13-4-2-1-3-5-13)20-8-6-18(7-9-20)10-14(18)17(23)24/h1-5,11-12,14H,6-10H2,(H,23,24). The average molecular weight is 325 g/mol. The summed E-state index contributed by atoms with van der Waals surface area (Å²) in [5.74, 6) is -0.958. The molecule has 1 atom stereocenters. The number of benzene rings is 1. The Labute approximate surface area is 139 Å². The molecule has 2 heterocycles. The van der Waals surface area contributed by atoms with Crippen molar-refractivity contribution in [1.82, 2.24) is 14.5 Å². The zero-order chi connectivity index (χ0) is 16.7. The number of aliphatic carboxylic acids is 1. The van der Waals surface area contributed by atoms with Crippen molar-refractivity contribution in [1.29, 1.82) is 0 Å². The van der Waals surface area contributed by atoms with E-state index in [0.29, 0.717) is 18.8 Å². The molecule has 1 aromatic heterocycles. The van der Waals surface area contributed by atoms with Crippen LogP contribution in [0.5, 0.6) is 0 Å². The highest BCUT2D eigenvalue weighted by Crippen LogP contribution is 2.59. The Hall–Kier alpha value is -2.63. The van der Waals surface area contributed by atoms with Crippen LogP contribution in [0, 0.1) is 11.3 Å². The van der Waals surface area contributed by atoms with E-state index in [0.717, 1.165) is 24.9 Å². The van der Waals surface area contributed by atoms with Crippen molar-refractivity contribution in [3.8, 4) is 5.69 Å². The van der Waals surface area contributed by atoms with E-state index in [4.69, 9.17) is 5.11 Å². The average Bonchev–Trinajstić information content (AvgIpc) is 3.09. The molecule has 1 aromatic carbocycles. The maximum Gasteiger partial charge on any atom is 0.307 e. The zero-order valence-corrected chi connectivity index (χ0v) is 13.3.